The minimum atomic E-state index is -0.446. The molecule has 5 nitrogen and oxygen atoms in total. The molecule has 0 aliphatic heterocycles. The van der Waals surface area contributed by atoms with Crippen molar-refractivity contribution in [1.29, 1.82) is 0 Å². The number of hydrogen-bond acceptors (Lipinski definition) is 3. The minimum Gasteiger partial charge on any atom is -0.355 e. The maximum absolute atomic E-state index is 12.9. The predicted octanol–water partition coefficient (Wildman–Crippen LogP) is 0.442. The first-order valence-electron chi connectivity index (χ1n) is 5.64. The lowest BCUT2D eigenvalue weighted by Crippen LogP contribution is -2.33. The van der Waals surface area contributed by atoms with E-state index in [1.807, 2.05) is 0 Å². The highest BCUT2D eigenvalue weighted by Crippen LogP contribution is 2.02. The molecule has 0 saturated carbocycles. The summed E-state index contributed by atoms with van der Waals surface area (Å²) in [4.78, 5) is 22.4. The summed E-state index contributed by atoms with van der Waals surface area (Å²) in [6, 6.07) is 5.46. The largest absolute Gasteiger partial charge is 0.355 e. The summed E-state index contributed by atoms with van der Waals surface area (Å²) in [6.07, 6.45) is 0.590. The van der Waals surface area contributed by atoms with E-state index < -0.39 is 5.82 Å². The van der Waals surface area contributed by atoms with Gasteiger partial charge in [-0.25, -0.2) is 4.39 Å². The molecule has 0 saturated heterocycles. The van der Waals surface area contributed by atoms with Crippen molar-refractivity contribution in [3.8, 4) is 0 Å². The molecule has 0 atom stereocenters. The molecule has 0 fully saturated rings. The van der Waals surface area contributed by atoms with Gasteiger partial charge in [0.1, 0.15) is 5.82 Å². The Balaban J connectivity index is 0.00000324. The van der Waals surface area contributed by atoms with E-state index in [1.54, 1.807) is 0 Å². The molecule has 0 unspecified atom stereocenters. The van der Waals surface area contributed by atoms with E-state index in [4.69, 9.17) is 5.73 Å². The summed E-state index contributed by atoms with van der Waals surface area (Å²) in [5.41, 5.74) is 5.39. The predicted molar refractivity (Wildman–Crippen MR) is 72.7 cm³/mol. The molecule has 0 radical (unpaired) electrons. The fraction of sp³-hybridized carbons (Fsp3) is 0.333. The first kappa shape index (κ1) is 17.3. The van der Waals surface area contributed by atoms with Crippen molar-refractivity contribution in [2.45, 2.75) is 6.42 Å². The summed E-state index contributed by atoms with van der Waals surface area (Å²) in [5.74, 6) is -1.01. The Morgan fingerprint density at radius 2 is 1.89 bits per heavy atom. The second-order valence-corrected chi connectivity index (χ2v) is 3.67. The van der Waals surface area contributed by atoms with Crippen molar-refractivity contribution >= 4 is 24.2 Å². The van der Waals surface area contributed by atoms with Crippen LogP contribution in [0.3, 0.4) is 0 Å². The molecule has 1 aromatic rings. The lowest BCUT2D eigenvalue weighted by atomic mass is 10.2. The fourth-order valence-corrected chi connectivity index (χ4v) is 1.32. The van der Waals surface area contributed by atoms with Crippen molar-refractivity contribution in [2.24, 2.45) is 5.73 Å². The van der Waals surface area contributed by atoms with Gasteiger partial charge in [0.25, 0.3) is 5.91 Å². The van der Waals surface area contributed by atoms with Crippen LogP contribution in [-0.4, -0.2) is 31.4 Å². The Labute approximate surface area is 117 Å². The Morgan fingerprint density at radius 3 is 2.53 bits per heavy atom. The molecule has 0 heterocycles. The van der Waals surface area contributed by atoms with Crippen LogP contribution in [0.2, 0.25) is 0 Å². The molecule has 19 heavy (non-hydrogen) atoms. The zero-order valence-electron chi connectivity index (χ0n) is 10.3. The van der Waals surface area contributed by atoms with E-state index in [9.17, 15) is 14.0 Å². The van der Waals surface area contributed by atoms with Gasteiger partial charge in [-0.1, -0.05) is 6.07 Å². The maximum Gasteiger partial charge on any atom is 0.251 e. The van der Waals surface area contributed by atoms with E-state index in [0.717, 1.165) is 0 Å². The molecule has 0 aromatic heterocycles. The van der Waals surface area contributed by atoms with E-state index in [2.05, 4.69) is 10.6 Å². The number of nitrogens with two attached hydrogens (primary N) is 1. The van der Waals surface area contributed by atoms with Gasteiger partial charge in [-0.05, 0) is 24.6 Å². The summed E-state index contributed by atoms with van der Waals surface area (Å²) in [5, 5.41) is 5.21. The first-order valence-corrected chi connectivity index (χ1v) is 5.64. The zero-order chi connectivity index (χ0) is 13.4. The van der Waals surface area contributed by atoms with Gasteiger partial charge in [-0.15, -0.1) is 12.4 Å². The lowest BCUT2D eigenvalue weighted by molar-refractivity contribution is -0.119. The first-order chi connectivity index (χ1) is 8.63. The van der Waals surface area contributed by atoms with Gasteiger partial charge < -0.3 is 16.4 Å². The van der Waals surface area contributed by atoms with Crippen molar-refractivity contribution in [3.63, 3.8) is 0 Å². The molecular weight excluding hydrogens is 273 g/mol. The second kappa shape index (κ2) is 9.29. The number of hydrogen-bond donors (Lipinski definition) is 3. The fourth-order valence-electron chi connectivity index (χ4n) is 1.32. The third-order valence-electron chi connectivity index (χ3n) is 2.23. The van der Waals surface area contributed by atoms with Gasteiger partial charge >= 0.3 is 0 Å². The molecular formula is C12H17ClFN3O2. The van der Waals surface area contributed by atoms with Gasteiger partial charge in [0.15, 0.2) is 0 Å². The van der Waals surface area contributed by atoms with Crippen LogP contribution in [0.1, 0.15) is 16.8 Å². The Bertz CT molecular complexity index is 429. The Morgan fingerprint density at radius 1 is 1.21 bits per heavy atom. The lowest BCUT2D eigenvalue weighted by Gasteiger charge is -2.06. The number of halogens is 2. The molecule has 0 bridgehead atoms. The van der Waals surface area contributed by atoms with E-state index in [-0.39, 0.29) is 36.3 Å². The van der Waals surface area contributed by atoms with Crippen LogP contribution in [-0.2, 0) is 4.79 Å². The maximum atomic E-state index is 12.9. The van der Waals surface area contributed by atoms with Crippen LogP contribution in [0, 0.1) is 5.82 Å². The third-order valence-corrected chi connectivity index (χ3v) is 2.23. The highest BCUT2D eigenvalue weighted by atomic mass is 35.5. The highest BCUT2D eigenvalue weighted by molar-refractivity contribution is 5.94. The summed E-state index contributed by atoms with van der Waals surface area (Å²) in [6.45, 7) is 0.801. The van der Waals surface area contributed by atoms with Crippen molar-refractivity contribution in [1.82, 2.24) is 10.6 Å². The summed E-state index contributed by atoms with van der Waals surface area (Å²) >= 11 is 0. The van der Waals surface area contributed by atoms with Crippen molar-refractivity contribution in [3.05, 3.63) is 35.6 Å². The number of nitrogens with one attached hydrogen (secondary N) is 2. The monoisotopic (exact) mass is 289 g/mol. The smallest absolute Gasteiger partial charge is 0.251 e. The molecule has 0 aliphatic carbocycles. The van der Waals surface area contributed by atoms with Crippen LogP contribution in [0.4, 0.5) is 4.39 Å². The SMILES string of the molecule is Cl.NCC(=O)NCCCNC(=O)c1cccc(F)c1. The zero-order valence-corrected chi connectivity index (χ0v) is 11.1. The van der Waals surface area contributed by atoms with Gasteiger partial charge in [-0.2, -0.15) is 0 Å². The van der Waals surface area contributed by atoms with E-state index in [1.165, 1.54) is 24.3 Å². The molecule has 0 spiro atoms. The van der Waals surface area contributed by atoms with Gasteiger partial charge in [0.05, 0.1) is 6.54 Å². The van der Waals surface area contributed by atoms with Crippen LogP contribution >= 0.6 is 12.4 Å². The van der Waals surface area contributed by atoms with E-state index >= 15 is 0 Å². The molecule has 2 amide bonds. The normalized spacial score (nSPS) is 9.37. The number of carbonyl (C=O) groups excluding carboxylic acids is 2. The van der Waals surface area contributed by atoms with Crippen LogP contribution in [0.15, 0.2) is 24.3 Å². The number of benzene rings is 1. The van der Waals surface area contributed by atoms with Crippen LogP contribution < -0.4 is 16.4 Å². The quantitative estimate of drug-likeness (QED) is 0.665. The van der Waals surface area contributed by atoms with Gasteiger partial charge in [0.2, 0.25) is 5.91 Å². The minimum absolute atomic E-state index is 0. The van der Waals surface area contributed by atoms with E-state index in [0.29, 0.717) is 19.5 Å². The summed E-state index contributed by atoms with van der Waals surface area (Å²) < 4.78 is 12.9. The molecule has 4 N–H and O–H groups in total. The molecule has 1 rings (SSSR count). The van der Waals surface area contributed by atoms with Crippen LogP contribution in [0.5, 0.6) is 0 Å². The van der Waals surface area contributed by atoms with Gasteiger partial charge in [0, 0.05) is 18.7 Å². The molecule has 1 aromatic carbocycles. The average molecular weight is 290 g/mol. The molecule has 0 aliphatic rings. The molecule has 106 valence electrons. The van der Waals surface area contributed by atoms with Crippen LogP contribution in [0.25, 0.3) is 0 Å². The van der Waals surface area contributed by atoms with Crippen molar-refractivity contribution < 1.29 is 14.0 Å². The Hall–Kier alpha value is -1.66. The van der Waals surface area contributed by atoms with Crippen molar-refractivity contribution in [2.75, 3.05) is 19.6 Å². The topological polar surface area (TPSA) is 84.2 Å². The number of amides is 2. The molecule has 7 heteroatoms. The number of carbonyl (C=O) groups is 2. The standard InChI is InChI=1S/C12H16FN3O2.ClH/c13-10-4-1-3-9(7-10)12(18)16-6-2-5-15-11(17)8-14;/h1,3-4,7H,2,5-6,8,14H2,(H,15,17)(H,16,18);1H. The highest BCUT2D eigenvalue weighted by Gasteiger charge is 2.05. The average Bonchev–Trinajstić information content (AvgIpc) is 2.37. The Kier molecular flexibility index (Phi) is 8.48. The third kappa shape index (κ3) is 6.73. The van der Waals surface area contributed by atoms with Gasteiger partial charge in [-0.3, -0.25) is 9.59 Å². The second-order valence-electron chi connectivity index (χ2n) is 3.67. The number of rotatable bonds is 6. The summed E-state index contributed by atoms with van der Waals surface area (Å²) in [7, 11) is 0.